The Balaban J connectivity index is 1.63. The van der Waals surface area contributed by atoms with Gasteiger partial charge in [-0.05, 0) is 23.3 Å². The molecule has 10 heteroatoms. The number of fused-ring (bicyclic) bond motifs is 2. The molecular weight excluding hydrogens is 448 g/mol. The van der Waals surface area contributed by atoms with Crippen molar-refractivity contribution in [1.82, 2.24) is 24.9 Å². The second-order valence-electron chi connectivity index (χ2n) is 7.09. The molecule has 0 aliphatic carbocycles. The number of hydrogen-bond acceptors (Lipinski definition) is 7. The number of aromatic nitrogens is 5. The van der Waals surface area contributed by atoms with Crippen LogP contribution in [-0.2, 0) is 23.4 Å². The Morgan fingerprint density at radius 2 is 1.94 bits per heavy atom. The monoisotopic (exact) mass is 463 g/mol. The van der Waals surface area contributed by atoms with Crippen molar-refractivity contribution in [2.75, 3.05) is 5.32 Å². The topological polar surface area (TPSA) is 120 Å². The van der Waals surface area contributed by atoms with Crippen molar-refractivity contribution in [3.05, 3.63) is 77.3 Å². The van der Waals surface area contributed by atoms with Crippen molar-refractivity contribution >= 4 is 50.6 Å². The van der Waals surface area contributed by atoms with Crippen LogP contribution in [0.1, 0.15) is 11.1 Å². The Kier molecular flexibility index (Phi) is 5.52. The van der Waals surface area contributed by atoms with Crippen LogP contribution in [0.4, 0.5) is 5.82 Å². The van der Waals surface area contributed by atoms with E-state index >= 15 is 0 Å². The molecule has 0 saturated carbocycles. The number of H-pyrrole nitrogens is 1. The number of aromatic amines is 1. The Morgan fingerprint density at radius 1 is 1.06 bits per heavy atom. The first-order chi connectivity index (χ1) is 15.6. The van der Waals surface area contributed by atoms with Gasteiger partial charge < -0.3 is 14.9 Å². The van der Waals surface area contributed by atoms with Gasteiger partial charge in [0.2, 0.25) is 0 Å². The summed E-state index contributed by atoms with van der Waals surface area (Å²) < 4.78 is 22.9. The summed E-state index contributed by atoms with van der Waals surface area (Å²) in [5.74, 6) is 0.505. The minimum absolute atomic E-state index is 0.105. The van der Waals surface area contributed by atoms with Crippen molar-refractivity contribution in [3.63, 3.8) is 0 Å². The van der Waals surface area contributed by atoms with E-state index in [1.54, 1.807) is 18.5 Å². The molecule has 2 N–H and O–H groups in total. The normalized spacial score (nSPS) is 12.3. The average Bonchev–Trinajstić information content (AvgIpc) is 3.27. The second-order valence-corrected chi connectivity index (χ2v) is 8.39. The van der Waals surface area contributed by atoms with Gasteiger partial charge in [0.1, 0.15) is 11.8 Å². The molecule has 5 rings (SSSR count). The molecule has 32 heavy (non-hydrogen) atoms. The van der Waals surface area contributed by atoms with Crippen LogP contribution in [0.2, 0.25) is 5.02 Å². The molecule has 0 bridgehead atoms. The van der Waals surface area contributed by atoms with Crippen molar-refractivity contribution < 1.29 is 8.76 Å². The lowest BCUT2D eigenvalue weighted by atomic mass is 9.99. The van der Waals surface area contributed by atoms with Crippen molar-refractivity contribution in [2.45, 2.75) is 12.3 Å². The molecule has 5 aromatic rings. The zero-order valence-electron chi connectivity index (χ0n) is 16.6. The van der Waals surface area contributed by atoms with E-state index in [4.69, 9.17) is 16.6 Å². The van der Waals surface area contributed by atoms with Gasteiger partial charge in [-0.25, -0.2) is 19.9 Å². The lowest BCUT2D eigenvalue weighted by Crippen LogP contribution is -2.06. The molecule has 0 aliphatic rings. The molecule has 160 valence electrons. The first kappa shape index (κ1) is 20.5. The standard InChI is InChI=1S/C22H17ClN6O2S/c23-17-7-3-5-13-8-15(9-24-21-20-22(26-11-25-20)28-12-27-21)18(29-19(13)17)16-6-2-1-4-14(16)10-32(30)31/h1-8,11-12H,9-10H2,(H,30,31)(H2,24,25,26,27,28)/p-1. The number of rotatable bonds is 6. The quantitative estimate of drug-likeness (QED) is 0.362. The van der Waals surface area contributed by atoms with Crippen LogP contribution >= 0.6 is 11.6 Å². The third-order valence-electron chi connectivity index (χ3n) is 5.09. The highest BCUT2D eigenvalue weighted by atomic mass is 35.5. The van der Waals surface area contributed by atoms with E-state index in [9.17, 15) is 8.76 Å². The summed E-state index contributed by atoms with van der Waals surface area (Å²) in [4.78, 5) is 20.5. The van der Waals surface area contributed by atoms with E-state index in [0.29, 0.717) is 45.3 Å². The van der Waals surface area contributed by atoms with Crippen molar-refractivity contribution in [3.8, 4) is 11.3 Å². The van der Waals surface area contributed by atoms with E-state index in [0.717, 1.165) is 16.5 Å². The number of nitrogens with one attached hydrogen (secondary N) is 2. The molecule has 1 atom stereocenters. The number of hydrogen-bond donors (Lipinski definition) is 2. The maximum Gasteiger partial charge on any atom is 0.182 e. The molecule has 2 aromatic carbocycles. The predicted molar refractivity (Wildman–Crippen MR) is 124 cm³/mol. The van der Waals surface area contributed by atoms with Gasteiger partial charge in [-0.3, -0.25) is 4.21 Å². The molecule has 1 unspecified atom stereocenters. The van der Waals surface area contributed by atoms with Crippen LogP contribution in [0.15, 0.2) is 61.2 Å². The van der Waals surface area contributed by atoms with Crippen LogP contribution in [0.25, 0.3) is 33.3 Å². The largest absolute Gasteiger partial charge is 0.772 e. The molecule has 3 heterocycles. The number of pyridine rings is 1. The molecule has 0 amide bonds. The number of benzene rings is 2. The van der Waals surface area contributed by atoms with E-state index in [-0.39, 0.29) is 5.75 Å². The summed E-state index contributed by atoms with van der Waals surface area (Å²) in [5, 5.41) is 4.74. The molecule has 0 saturated heterocycles. The average molecular weight is 464 g/mol. The van der Waals surface area contributed by atoms with Gasteiger partial charge in [0.05, 0.1) is 22.6 Å². The lowest BCUT2D eigenvalue weighted by Gasteiger charge is -2.16. The van der Waals surface area contributed by atoms with Gasteiger partial charge in [0, 0.05) is 23.2 Å². The summed E-state index contributed by atoms with van der Waals surface area (Å²) in [6.45, 7) is 0.394. The third-order valence-corrected chi connectivity index (χ3v) is 5.94. The van der Waals surface area contributed by atoms with Gasteiger partial charge in [0.25, 0.3) is 0 Å². The van der Waals surface area contributed by atoms with Crippen LogP contribution in [0, 0.1) is 0 Å². The van der Waals surface area contributed by atoms with E-state index in [1.807, 2.05) is 36.4 Å². The molecule has 0 fully saturated rings. The first-order valence-corrected chi connectivity index (χ1v) is 11.3. The van der Waals surface area contributed by atoms with Crippen LogP contribution < -0.4 is 5.32 Å². The number of para-hydroxylation sites is 1. The minimum atomic E-state index is -2.23. The fourth-order valence-electron chi connectivity index (χ4n) is 3.66. The second kappa shape index (κ2) is 8.62. The maximum absolute atomic E-state index is 11.4. The van der Waals surface area contributed by atoms with Crippen molar-refractivity contribution in [1.29, 1.82) is 0 Å². The van der Waals surface area contributed by atoms with Gasteiger partial charge >= 0.3 is 0 Å². The van der Waals surface area contributed by atoms with Crippen molar-refractivity contribution in [2.24, 2.45) is 0 Å². The Bertz CT molecular complexity index is 1470. The summed E-state index contributed by atoms with van der Waals surface area (Å²) >= 11 is 4.18. The maximum atomic E-state index is 11.4. The smallest absolute Gasteiger partial charge is 0.182 e. The Hall–Kier alpha value is -3.40. The fraction of sp³-hybridized carbons (Fsp3) is 0.0909. The number of anilines is 1. The van der Waals surface area contributed by atoms with E-state index in [2.05, 4.69) is 25.3 Å². The van der Waals surface area contributed by atoms with Crippen LogP contribution in [-0.4, -0.2) is 33.7 Å². The third kappa shape index (κ3) is 3.93. The highest BCUT2D eigenvalue weighted by Gasteiger charge is 2.15. The molecular formula is C22H16ClN6O2S-. The molecule has 0 radical (unpaired) electrons. The SMILES string of the molecule is O=S([O-])Cc1ccccc1-c1nc2c(Cl)cccc2cc1CNc1ncnc2nc[nH]c12. The molecule has 3 aromatic heterocycles. The van der Waals surface area contributed by atoms with Gasteiger partial charge in [-0.15, -0.1) is 0 Å². The van der Waals surface area contributed by atoms with E-state index < -0.39 is 11.1 Å². The molecule has 8 nitrogen and oxygen atoms in total. The highest BCUT2D eigenvalue weighted by molar-refractivity contribution is 7.78. The number of imidazole rings is 1. The van der Waals surface area contributed by atoms with Crippen LogP contribution in [0.3, 0.4) is 0 Å². The summed E-state index contributed by atoms with van der Waals surface area (Å²) in [5.41, 5.74) is 4.86. The van der Waals surface area contributed by atoms with Gasteiger partial charge in [-0.1, -0.05) is 59.1 Å². The number of nitrogens with zero attached hydrogens (tertiary/aromatic N) is 4. The van der Waals surface area contributed by atoms with Crippen LogP contribution in [0.5, 0.6) is 0 Å². The Morgan fingerprint density at radius 3 is 2.81 bits per heavy atom. The minimum Gasteiger partial charge on any atom is -0.772 e. The zero-order chi connectivity index (χ0) is 22.1. The van der Waals surface area contributed by atoms with Gasteiger partial charge in [-0.2, -0.15) is 0 Å². The summed E-state index contributed by atoms with van der Waals surface area (Å²) in [6, 6.07) is 14.9. The molecule has 0 spiro atoms. The summed E-state index contributed by atoms with van der Waals surface area (Å²) in [7, 11) is 0. The molecule has 0 aliphatic heterocycles. The lowest BCUT2D eigenvalue weighted by molar-refractivity contribution is 0.536. The zero-order valence-corrected chi connectivity index (χ0v) is 18.2. The Labute approximate surface area is 190 Å². The number of halogens is 1. The highest BCUT2D eigenvalue weighted by Crippen LogP contribution is 2.32. The van der Waals surface area contributed by atoms with Gasteiger partial charge in [0.15, 0.2) is 11.5 Å². The predicted octanol–water partition coefficient (Wildman–Crippen LogP) is 4.21. The fourth-order valence-corrected chi connectivity index (χ4v) is 4.39. The first-order valence-electron chi connectivity index (χ1n) is 9.70. The van der Waals surface area contributed by atoms with E-state index in [1.165, 1.54) is 6.33 Å². The summed E-state index contributed by atoms with van der Waals surface area (Å²) in [6.07, 6.45) is 3.01.